The molecule has 0 bridgehead atoms. The van der Waals surface area contributed by atoms with Gasteiger partial charge in [0.05, 0.1) is 11.8 Å². The van der Waals surface area contributed by atoms with Gasteiger partial charge in [-0.2, -0.15) is 5.10 Å². The summed E-state index contributed by atoms with van der Waals surface area (Å²) in [6, 6.07) is 9.63. The molecule has 3 rings (SSSR count). The van der Waals surface area contributed by atoms with Crippen LogP contribution in [0.5, 0.6) is 5.88 Å². The van der Waals surface area contributed by atoms with Gasteiger partial charge < -0.3 is 10.5 Å². The van der Waals surface area contributed by atoms with Crippen molar-refractivity contribution in [3.8, 4) is 5.88 Å². The molecule has 0 aliphatic carbocycles. The Hall–Kier alpha value is -2.83. The van der Waals surface area contributed by atoms with Crippen molar-refractivity contribution in [2.24, 2.45) is 12.1 Å². The van der Waals surface area contributed by atoms with Gasteiger partial charge >= 0.3 is 5.69 Å². The zero-order valence-electron chi connectivity index (χ0n) is 11.3. The predicted molar refractivity (Wildman–Crippen MR) is 77.4 cm³/mol. The molecule has 0 saturated carbocycles. The van der Waals surface area contributed by atoms with E-state index in [1.807, 2.05) is 30.3 Å². The summed E-state index contributed by atoms with van der Waals surface area (Å²) in [6.45, 7) is 0. The van der Waals surface area contributed by atoms with Crippen LogP contribution in [0.1, 0.15) is 23.6 Å². The maximum absolute atomic E-state index is 11.9. The van der Waals surface area contributed by atoms with E-state index >= 15 is 0 Å². The number of nitrogens with one attached hydrogen (secondary N) is 2. The number of H-pyrrole nitrogens is 1. The molecule has 7 heteroatoms. The normalized spacial score (nSPS) is 17.4. The van der Waals surface area contributed by atoms with Crippen LogP contribution in [0.25, 0.3) is 0 Å². The lowest BCUT2D eigenvalue weighted by Gasteiger charge is -2.10. The van der Waals surface area contributed by atoms with E-state index in [9.17, 15) is 14.7 Å². The summed E-state index contributed by atoms with van der Waals surface area (Å²) in [5.41, 5.74) is 3.15. The molecule has 0 spiro atoms. The van der Waals surface area contributed by atoms with Gasteiger partial charge in [-0.05, 0) is 5.56 Å². The van der Waals surface area contributed by atoms with Crippen molar-refractivity contribution in [1.82, 2.24) is 15.0 Å². The molecule has 0 saturated heterocycles. The number of rotatable bonds is 2. The molecule has 3 N–H and O–H groups in total. The number of aromatic hydroxyl groups is 1. The molecule has 21 heavy (non-hydrogen) atoms. The Morgan fingerprint density at radius 3 is 2.71 bits per heavy atom. The largest absolute Gasteiger partial charge is 0.494 e. The monoisotopic (exact) mass is 286 g/mol. The van der Waals surface area contributed by atoms with E-state index in [-0.39, 0.29) is 17.5 Å². The predicted octanol–water partition coefficient (Wildman–Crippen LogP) is 0.218. The number of hydrogen-bond donors (Lipinski definition) is 3. The van der Waals surface area contributed by atoms with Gasteiger partial charge in [0.25, 0.3) is 5.56 Å². The van der Waals surface area contributed by atoms with Crippen LogP contribution in [0.15, 0.2) is 45.0 Å². The van der Waals surface area contributed by atoms with Crippen LogP contribution in [0, 0.1) is 0 Å². The third-order valence-corrected chi connectivity index (χ3v) is 3.54. The van der Waals surface area contributed by atoms with Crippen molar-refractivity contribution in [2.45, 2.75) is 12.5 Å². The number of hydrazone groups is 1. The second-order valence-electron chi connectivity index (χ2n) is 4.87. The molecule has 108 valence electrons. The van der Waals surface area contributed by atoms with Crippen molar-refractivity contribution >= 4 is 5.71 Å². The summed E-state index contributed by atoms with van der Waals surface area (Å²) in [5, 5.41) is 14.1. The molecule has 1 aromatic heterocycles. The Morgan fingerprint density at radius 1 is 1.29 bits per heavy atom. The molecule has 1 atom stereocenters. The number of nitrogens with zero attached hydrogens (tertiary/aromatic N) is 2. The first-order chi connectivity index (χ1) is 10.1. The molecule has 7 nitrogen and oxygen atoms in total. The second kappa shape index (κ2) is 4.93. The molecule has 1 aliphatic rings. The van der Waals surface area contributed by atoms with Crippen LogP contribution in [0.3, 0.4) is 0 Å². The van der Waals surface area contributed by atoms with Crippen LogP contribution in [-0.2, 0) is 7.05 Å². The van der Waals surface area contributed by atoms with E-state index in [1.165, 1.54) is 7.05 Å². The van der Waals surface area contributed by atoms with E-state index in [1.54, 1.807) is 0 Å². The number of aromatic nitrogens is 2. The minimum absolute atomic E-state index is 0.0306. The van der Waals surface area contributed by atoms with Gasteiger partial charge in [0, 0.05) is 13.5 Å². The first-order valence-electron chi connectivity index (χ1n) is 6.47. The Labute approximate surface area is 119 Å². The van der Waals surface area contributed by atoms with Crippen molar-refractivity contribution in [3.63, 3.8) is 0 Å². The molecule has 2 heterocycles. The van der Waals surface area contributed by atoms with Crippen LogP contribution in [-0.4, -0.2) is 20.4 Å². The second-order valence-corrected chi connectivity index (χ2v) is 4.87. The fourth-order valence-electron chi connectivity index (χ4n) is 2.35. The van der Waals surface area contributed by atoms with Crippen molar-refractivity contribution in [1.29, 1.82) is 0 Å². The van der Waals surface area contributed by atoms with Crippen molar-refractivity contribution in [3.05, 3.63) is 62.3 Å². The summed E-state index contributed by atoms with van der Waals surface area (Å²) in [4.78, 5) is 25.5. The summed E-state index contributed by atoms with van der Waals surface area (Å²) < 4.78 is 0.981. The molecule has 0 amide bonds. The van der Waals surface area contributed by atoms with Gasteiger partial charge in [-0.25, -0.2) is 4.79 Å². The van der Waals surface area contributed by atoms with Crippen LogP contribution >= 0.6 is 0 Å². The van der Waals surface area contributed by atoms with Gasteiger partial charge in [0.15, 0.2) is 0 Å². The lowest BCUT2D eigenvalue weighted by molar-refractivity contribution is 0.416. The van der Waals surface area contributed by atoms with E-state index in [4.69, 9.17) is 0 Å². The van der Waals surface area contributed by atoms with Gasteiger partial charge in [-0.15, -0.1) is 0 Å². The maximum atomic E-state index is 11.9. The number of benzene rings is 1. The highest BCUT2D eigenvalue weighted by molar-refractivity contribution is 6.03. The summed E-state index contributed by atoms with van der Waals surface area (Å²) in [7, 11) is 1.38. The van der Waals surface area contributed by atoms with Crippen LogP contribution in [0.2, 0.25) is 0 Å². The van der Waals surface area contributed by atoms with E-state index < -0.39 is 11.2 Å². The van der Waals surface area contributed by atoms with E-state index in [0.717, 1.165) is 10.1 Å². The average molecular weight is 286 g/mol. The topological polar surface area (TPSA) is 99.5 Å². The minimum Gasteiger partial charge on any atom is -0.494 e. The SMILES string of the molecule is Cn1c(O)c(C2=NN[C@@H](c3ccccc3)C2)c(=O)[nH]c1=O. The molecule has 0 radical (unpaired) electrons. The van der Waals surface area contributed by atoms with Crippen LogP contribution < -0.4 is 16.7 Å². The van der Waals surface area contributed by atoms with E-state index in [2.05, 4.69) is 15.5 Å². The first-order valence-corrected chi connectivity index (χ1v) is 6.47. The van der Waals surface area contributed by atoms with E-state index in [0.29, 0.717) is 12.1 Å². The Bertz CT molecular complexity index is 820. The van der Waals surface area contributed by atoms with Crippen LogP contribution in [0.4, 0.5) is 0 Å². The van der Waals surface area contributed by atoms with Gasteiger partial charge in [-0.1, -0.05) is 30.3 Å². The van der Waals surface area contributed by atoms with Gasteiger partial charge in [0.1, 0.15) is 5.56 Å². The lowest BCUT2D eigenvalue weighted by atomic mass is 10.0. The smallest absolute Gasteiger partial charge is 0.330 e. The minimum atomic E-state index is -0.660. The molecule has 1 aliphatic heterocycles. The highest BCUT2D eigenvalue weighted by Crippen LogP contribution is 2.25. The average Bonchev–Trinajstić information content (AvgIpc) is 2.95. The first kappa shape index (κ1) is 13.2. The molecular formula is C14H14N4O3. The highest BCUT2D eigenvalue weighted by Gasteiger charge is 2.26. The molecule has 1 aromatic carbocycles. The Balaban J connectivity index is 1.96. The third kappa shape index (κ3) is 2.22. The summed E-state index contributed by atoms with van der Waals surface area (Å²) in [6.07, 6.45) is 0.457. The summed E-state index contributed by atoms with van der Waals surface area (Å²) >= 11 is 0. The fraction of sp³-hybridized carbons (Fsp3) is 0.214. The quantitative estimate of drug-likeness (QED) is 0.735. The standard InChI is InChI=1S/C14H14N4O3/c1-18-13(20)11(12(19)15-14(18)21)10-7-9(16-17-10)8-5-3-2-4-6-8/h2-6,9,16,20H,7H2,1H3,(H,15,19,21)/t9-/m1/s1. The summed E-state index contributed by atoms with van der Waals surface area (Å²) in [5.74, 6) is -0.377. The fourth-order valence-corrected chi connectivity index (χ4v) is 2.35. The molecular weight excluding hydrogens is 272 g/mol. The third-order valence-electron chi connectivity index (χ3n) is 3.54. The molecule has 0 unspecified atom stereocenters. The van der Waals surface area contributed by atoms with Gasteiger partial charge in [0.2, 0.25) is 5.88 Å². The molecule has 0 fully saturated rings. The number of hydrogen-bond acceptors (Lipinski definition) is 5. The maximum Gasteiger partial charge on any atom is 0.330 e. The highest BCUT2D eigenvalue weighted by atomic mass is 16.3. The Morgan fingerprint density at radius 2 is 2.00 bits per heavy atom. The number of aromatic amines is 1. The van der Waals surface area contributed by atoms with Crippen molar-refractivity contribution in [2.75, 3.05) is 0 Å². The Kier molecular flexibility index (Phi) is 3.09. The zero-order chi connectivity index (χ0) is 15.0. The molecule has 2 aromatic rings. The lowest BCUT2D eigenvalue weighted by Crippen LogP contribution is -2.32. The van der Waals surface area contributed by atoms with Gasteiger partial charge in [-0.3, -0.25) is 14.3 Å². The zero-order valence-corrected chi connectivity index (χ0v) is 11.3. The van der Waals surface area contributed by atoms with Crippen molar-refractivity contribution < 1.29 is 5.11 Å².